The van der Waals surface area contributed by atoms with Crippen molar-refractivity contribution >= 4 is 11.9 Å². The highest BCUT2D eigenvalue weighted by molar-refractivity contribution is 5.99. The van der Waals surface area contributed by atoms with Crippen LogP contribution in [0.5, 0.6) is 0 Å². The number of carbonyl (C=O) groups excluding carboxylic acids is 2. The van der Waals surface area contributed by atoms with Crippen LogP contribution in [-0.4, -0.2) is 26.2 Å². The minimum Gasteiger partial charge on any atom is -0.466 e. The highest BCUT2D eigenvalue weighted by Gasteiger charge is 2.39. The normalized spacial score (nSPS) is 17.0. The van der Waals surface area contributed by atoms with Gasteiger partial charge in [-0.2, -0.15) is 5.26 Å². The molecular weight excluding hydrogens is 312 g/mol. The predicted octanol–water partition coefficient (Wildman–Crippen LogP) is 1.46. The molecule has 0 aliphatic carbocycles. The molecule has 2 N–H and O–H groups in total. The SMILES string of the molecule is COC(=O)C1=C(C)OC(N)=C(C(=O)OC)[C@@H]1c1ccc(C#N)cc1. The molecule has 0 radical (unpaired) electrons. The first-order valence-corrected chi connectivity index (χ1v) is 6.99. The van der Waals surface area contributed by atoms with Crippen LogP contribution in [0.15, 0.2) is 47.1 Å². The Morgan fingerprint density at radius 3 is 2.17 bits per heavy atom. The van der Waals surface area contributed by atoms with E-state index in [4.69, 9.17) is 25.2 Å². The highest BCUT2D eigenvalue weighted by Crippen LogP contribution is 2.40. The number of nitrogens with zero attached hydrogens (tertiary/aromatic N) is 1. The summed E-state index contributed by atoms with van der Waals surface area (Å²) in [6, 6.07) is 8.45. The Hall–Kier alpha value is -3.27. The maximum Gasteiger partial charge on any atom is 0.340 e. The van der Waals surface area contributed by atoms with Crippen molar-refractivity contribution in [3.8, 4) is 6.07 Å². The summed E-state index contributed by atoms with van der Waals surface area (Å²) in [6.45, 7) is 1.56. The quantitative estimate of drug-likeness (QED) is 0.836. The zero-order valence-corrected chi connectivity index (χ0v) is 13.5. The molecule has 1 heterocycles. The van der Waals surface area contributed by atoms with Crippen LogP contribution in [0.25, 0.3) is 0 Å². The smallest absolute Gasteiger partial charge is 0.340 e. The minimum absolute atomic E-state index is 0.00760. The molecule has 0 bridgehead atoms. The molecule has 1 aliphatic rings. The summed E-state index contributed by atoms with van der Waals surface area (Å²) in [5.41, 5.74) is 7.04. The number of hydrogen-bond acceptors (Lipinski definition) is 7. The van der Waals surface area contributed by atoms with Crippen LogP contribution < -0.4 is 5.73 Å². The van der Waals surface area contributed by atoms with E-state index in [0.717, 1.165) is 0 Å². The van der Waals surface area contributed by atoms with Gasteiger partial charge in [0.1, 0.15) is 11.3 Å². The molecule has 1 aliphatic heterocycles. The van der Waals surface area contributed by atoms with Gasteiger partial charge in [-0.3, -0.25) is 0 Å². The van der Waals surface area contributed by atoms with Crippen molar-refractivity contribution < 1.29 is 23.8 Å². The average Bonchev–Trinajstić information content (AvgIpc) is 2.60. The van der Waals surface area contributed by atoms with E-state index in [0.29, 0.717) is 11.1 Å². The summed E-state index contributed by atoms with van der Waals surface area (Å²) < 4.78 is 14.9. The zero-order valence-electron chi connectivity index (χ0n) is 13.5. The third-order valence-corrected chi connectivity index (χ3v) is 3.67. The van der Waals surface area contributed by atoms with E-state index in [9.17, 15) is 9.59 Å². The molecule has 1 aromatic rings. The van der Waals surface area contributed by atoms with E-state index in [1.807, 2.05) is 6.07 Å². The molecule has 1 atom stereocenters. The lowest BCUT2D eigenvalue weighted by molar-refractivity contribution is -0.137. The average molecular weight is 328 g/mol. The topological polar surface area (TPSA) is 112 Å². The van der Waals surface area contributed by atoms with E-state index < -0.39 is 17.9 Å². The highest BCUT2D eigenvalue weighted by atomic mass is 16.5. The second-order valence-corrected chi connectivity index (χ2v) is 5.00. The van der Waals surface area contributed by atoms with Gasteiger partial charge in [0.05, 0.1) is 37.3 Å². The molecule has 7 heteroatoms. The van der Waals surface area contributed by atoms with Crippen molar-refractivity contribution in [2.24, 2.45) is 5.73 Å². The van der Waals surface area contributed by atoms with Gasteiger partial charge in [-0.1, -0.05) is 12.1 Å². The van der Waals surface area contributed by atoms with Gasteiger partial charge in [-0.15, -0.1) is 0 Å². The van der Waals surface area contributed by atoms with E-state index in [1.54, 1.807) is 31.2 Å². The fraction of sp³-hybridized carbons (Fsp3) is 0.235. The Bertz CT molecular complexity index is 746. The Balaban J connectivity index is 2.67. The Morgan fingerprint density at radius 2 is 1.67 bits per heavy atom. The van der Waals surface area contributed by atoms with Gasteiger partial charge in [-0.25, -0.2) is 9.59 Å². The summed E-state index contributed by atoms with van der Waals surface area (Å²) in [4.78, 5) is 24.4. The van der Waals surface area contributed by atoms with Gasteiger partial charge in [0.25, 0.3) is 0 Å². The molecule has 0 unspecified atom stereocenters. The lowest BCUT2D eigenvalue weighted by atomic mass is 9.82. The summed E-state index contributed by atoms with van der Waals surface area (Å²) in [7, 11) is 2.44. The monoisotopic (exact) mass is 328 g/mol. The van der Waals surface area contributed by atoms with Gasteiger partial charge in [-0.05, 0) is 24.6 Å². The second kappa shape index (κ2) is 6.87. The minimum atomic E-state index is -0.814. The van der Waals surface area contributed by atoms with E-state index in [-0.39, 0.29) is 22.8 Å². The largest absolute Gasteiger partial charge is 0.466 e. The molecule has 0 saturated carbocycles. The zero-order chi connectivity index (χ0) is 17.9. The molecule has 24 heavy (non-hydrogen) atoms. The van der Waals surface area contributed by atoms with E-state index in [1.165, 1.54) is 14.2 Å². The fourth-order valence-corrected chi connectivity index (χ4v) is 2.55. The van der Waals surface area contributed by atoms with Gasteiger partial charge in [0, 0.05) is 0 Å². The van der Waals surface area contributed by atoms with Gasteiger partial charge >= 0.3 is 11.9 Å². The summed E-state index contributed by atoms with van der Waals surface area (Å²) in [6.07, 6.45) is 0. The summed E-state index contributed by atoms with van der Waals surface area (Å²) in [5.74, 6) is -2.07. The molecule has 0 aromatic heterocycles. The Kier molecular flexibility index (Phi) is 4.90. The summed E-state index contributed by atoms with van der Waals surface area (Å²) >= 11 is 0. The van der Waals surface area contributed by atoms with Crippen LogP contribution in [0, 0.1) is 11.3 Å². The first kappa shape index (κ1) is 17.1. The van der Waals surface area contributed by atoms with Crippen LogP contribution in [0.1, 0.15) is 24.0 Å². The van der Waals surface area contributed by atoms with E-state index >= 15 is 0 Å². The number of nitriles is 1. The van der Waals surface area contributed by atoms with Crippen molar-refractivity contribution in [1.29, 1.82) is 5.26 Å². The van der Waals surface area contributed by atoms with Crippen molar-refractivity contribution in [2.75, 3.05) is 14.2 Å². The fourth-order valence-electron chi connectivity index (χ4n) is 2.55. The van der Waals surface area contributed by atoms with Crippen LogP contribution in [0.4, 0.5) is 0 Å². The van der Waals surface area contributed by atoms with Crippen LogP contribution >= 0.6 is 0 Å². The van der Waals surface area contributed by atoms with Crippen LogP contribution in [0.2, 0.25) is 0 Å². The molecule has 0 spiro atoms. The molecule has 124 valence electrons. The lowest BCUT2D eigenvalue weighted by Crippen LogP contribution is -2.29. The third-order valence-electron chi connectivity index (χ3n) is 3.67. The van der Waals surface area contributed by atoms with Crippen LogP contribution in [-0.2, 0) is 23.8 Å². The first-order valence-electron chi connectivity index (χ1n) is 6.99. The third kappa shape index (κ3) is 2.94. The number of carbonyl (C=O) groups is 2. The number of methoxy groups -OCH3 is 2. The molecular formula is C17H16N2O5. The van der Waals surface area contributed by atoms with Crippen LogP contribution in [0.3, 0.4) is 0 Å². The molecule has 0 saturated heterocycles. The van der Waals surface area contributed by atoms with Gasteiger partial charge in [0.2, 0.25) is 5.88 Å². The maximum absolute atomic E-state index is 12.2. The molecule has 0 amide bonds. The number of hydrogen-bond donors (Lipinski definition) is 1. The van der Waals surface area contributed by atoms with Crippen molar-refractivity contribution in [3.63, 3.8) is 0 Å². The number of allylic oxidation sites excluding steroid dienone is 1. The van der Waals surface area contributed by atoms with Gasteiger partial charge < -0.3 is 19.9 Å². The van der Waals surface area contributed by atoms with Crippen molar-refractivity contribution in [1.82, 2.24) is 0 Å². The predicted molar refractivity (Wildman–Crippen MR) is 82.9 cm³/mol. The molecule has 1 aromatic carbocycles. The maximum atomic E-state index is 12.2. The number of benzene rings is 1. The molecule has 7 nitrogen and oxygen atoms in total. The van der Waals surface area contributed by atoms with Crippen molar-refractivity contribution in [2.45, 2.75) is 12.8 Å². The Morgan fingerprint density at radius 1 is 1.12 bits per heavy atom. The van der Waals surface area contributed by atoms with E-state index in [2.05, 4.69) is 0 Å². The number of ether oxygens (including phenoxy) is 3. The first-order chi connectivity index (χ1) is 11.4. The second-order valence-electron chi connectivity index (χ2n) is 5.00. The molecule has 2 rings (SSSR count). The Labute approximate surface area is 138 Å². The molecule has 0 fully saturated rings. The number of esters is 2. The van der Waals surface area contributed by atoms with Gasteiger partial charge in [0.15, 0.2) is 0 Å². The van der Waals surface area contributed by atoms with Crippen molar-refractivity contribution in [3.05, 3.63) is 58.2 Å². The number of nitrogens with two attached hydrogens (primary N) is 1. The standard InChI is InChI=1S/C17H16N2O5/c1-9-12(16(20)22-2)13(11-6-4-10(8-18)5-7-11)14(15(19)24-9)17(21)23-3/h4-7,13H,19H2,1-3H3/t13-/m1/s1. The number of rotatable bonds is 3. The summed E-state index contributed by atoms with van der Waals surface area (Å²) in [5, 5.41) is 8.92. The lowest BCUT2D eigenvalue weighted by Gasteiger charge is -2.28.